The van der Waals surface area contributed by atoms with Crippen LogP contribution in [0.1, 0.15) is 27.9 Å². The molecule has 4 aromatic rings. The third-order valence-electron chi connectivity index (χ3n) is 5.89. The quantitative estimate of drug-likeness (QED) is 0.482. The van der Waals surface area contributed by atoms with E-state index in [4.69, 9.17) is 9.72 Å². The second kappa shape index (κ2) is 8.42. The van der Waals surface area contributed by atoms with Crippen LogP contribution in [0.3, 0.4) is 0 Å². The number of thiazole rings is 1. The Bertz CT molecular complexity index is 1190. The van der Waals surface area contributed by atoms with Crippen LogP contribution in [-0.2, 0) is 18.3 Å². The van der Waals surface area contributed by atoms with Crippen molar-refractivity contribution in [3.8, 4) is 0 Å². The number of rotatable bonds is 5. The van der Waals surface area contributed by atoms with Gasteiger partial charge < -0.3 is 14.6 Å². The van der Waals surface area contributed by atoms with Crippen molar-refractivity contribution in [2.75, 3.05) is 25.0 Å². The van der Waals surface area contributed by atoms with E-state index >= 15 is 0 Å². The van der Waals surface area contributed by atoms with Crippen molar-refractivity contribution in [3.05, 3.63) is 70.5 Å². The highest BCUT2D eigenvalue weighted by Crippen LogP contribution is 2.28. The van der Waals surface area contributed by atoms with Gasteiger partial charge in [-0.25, -0.2) is 9.97 Å². The van der Waals surface area contributed by atoms with Crippen molar-refractivity contribution in [3.63, 3.8) is 0 Å². The molecular weight excluding hydrogens is 406 g/mol. The Morgan fingerprint density at radius 2 is 2.00 bits per heavy atom. The molecular formula is C24H27N5OS. The van der Waals surface area contributed by atoms with E-state index in [1.165, 1.54) is 21.3 Å². The van der Waals surface area contributed by atoms with Crippen LogP contribution >= 0.6 is 11.3 Å². The summed E-state index contributed by atoms with van der Waals surface area (Å²) < 4.78 is 8.31. The number of pyridine rings is 1. The van der Waals surface area contributed by atoms with Crippen LogP contribution in [0.15, 0.2) is 48.7 Å². The highest BCUT2D eigenvalue weighted by molar-refractivity contribution is 7.15. The van der Waals surface area contributed by atoms with E-state index in [9.17, 15) is 0 Å². The summed E-state index contributed by atoms with van der Waals surface area (Å²) in [6.07, 6.45) is 2.21. The fraction of sp³-hybridized carbons (Fsp3) is 0.333. The standard InChI is InChI=1S/C24H27N5OS/c1-16-17(2)31-24(25-16)27-23-10-6-8-20(26-23)22-15-29(11-12-30-22)14-18-13-28(3)21-9-5-4-7-19(18)21/h4-10,13,22H,11-12,14-15H2,1-3H3,(H,25,26,27). The molecule has 0 bridgehead atoms. The highest BCUT2D eigenvalue weighted by atomic mass is 32.1. The maximum absolute atomic E-state index is 6.10. The minimum atomic E-state index is -0.0368. The monoisotopic (exact) mass is 433 g/mol. The lowest BCUT2D eigenvalue weighted by atomic mass is 10.1. The molecule has 1 unspecified atom stereocenters. The van der Waals surface area contributed by atoms with Gasteiger partial charge in [-0.3, -0.25) is 4.90 Å². The molecule has 0 spiro atoms. The fourth-order valence-electron chi connectivity index (χ4n) is 4.15. The summed E-state index contributed by atoms with van der Waals surface area (Å²) in [7, 11) is 2.11. The van der Waals surface area contributed by atoms with Crippen molar-refractivity contribution >= 4 is 33.2 Å². The second-order valence-corrected chi connectivity index (χ2v) is 9.31. The van der Waals surface area contributed by atoms with Gasteiger partial charge in [0.1, 0.15) is 11.9 Å². The molecule has 0 radical (unpaired) electrons. The van der Waals surface area contributed by atoms with Crippen LogP contribution in [0.2, 0.25) is 0 Å². The molecule has 1 aromatic carbocycles. The maximum Gasteiger partial charge on any atom is 0.188 e. The molecule has 1 saturated heterocycles. The number of nitrogens with one attached hydrogen (secondary N) is 1. The summed E-state index contributed by atoms with van der Waals surface area (Å²) in [5.41, 5.74) is 4.65. The number of aryl methyl sites for hydroxylation is 3. The molecule has 4 heterocycles. The van der Waals surface area contributed by atoms with E-state index in [0.29, 0.717) is 6.61 Å². The van der Waals surface area contributed by atoms with Gasteiger partial charge in [-0.15, -0.1) is 11.3 Å². The topological polar surface area (TPSA) is 55.2 Å². The van der Waals surface area contributed by atoms with Crippen LogP contribution in [-0.4, -0.2) is 39.1 Å². The average molecular weight is 434 g/mol. The first-order valence-corrected chi connectivity index (χ1v) is 11.4. The number of benzene rings is 1. The van der Waals surface area contributed by atoms with E-state index in [1.807, 2.05) is 19.1 Å². The van der Waals surface area contributed by atoms with Crippen molar-refractivity contribution in [1.29, 1.82) is 0 Å². The van der Waals surface area contributed by atoms with Crippen LogP contribution < -0.4 is 5.32 Å². The molecule has 3 aromatic heterocycles. The fourth-order valence-corrected chi connectivity index (χ4v) is 4.98. The van der Waals surface area contributed by atoms with Crippen LogP contribution in [0, 0.1) is 13.8 Å². The largest absolute Gasteiger partial charge is 0.369 e. The summed E-state index contributed by atoms with van der Waals surface area (Å²) in [4.78, 5) is 13.1. The van der Waals surface area contributed by atoms with Crippen molar-refractivity contribution in [2.45, 2.75) is 26.5 Å². The molecule has 0 amide bonds. The highest BCUT2D eigenvalue weighted by Gasteiger charge is 2.24. The van der Waals surface area contributed by atoms with Gasteiger partial charge in [-0.05, 0) is 37.6 Å². The summed E-state index contributed by atoms with van der Waals surface area (Å²) >= 11 is 1.65. The zero-order valence-corrected chi connectivity index (χ0v) is 18.9. The molecule has 1 atom stereocenters. The number of aromatic nitrogens is 3. The lowest BCUT2D eigenvalue weighted by Gasteiger charge is -2.32. The Morgan fingerprint density at radius 1 is 1.13 bits per heavy atom. The van der Waals surface area contributed by atoms with E-state index in [0.717, 1.165) is 42.0 Å². The molecule has 31 heavy (non-hydrogen) atoms. The number of fused-ring (bicyclic) bond motifs is 1. The first-order valence-electron chi connectivity index (χ1n) is 10.6. The number of morpholine rings is 1. The molecule has 1 N–H and O–H groups in total. The lowest BCUT2D eigenvalue weighted by molar-refractivity contribution is -0.0348. The maximum atomic E-state index is 6.10. The molecule has 1 aliphatic rings. The first-order chi connectivity index (χ1) is 15.1. The molecule has 1 fully saturated rings. The van der Waals surface area contributed by atoms with Crippen LogP contribution in [0.4, 0.5) is 10.9 Å². The van der Waals surface area contributed by atoms with E-state index < -0.39 is 0 Å². The van der Waals surface area contributed by atoms with E-state index in [1.54, 1.807) is 11.3 Å². The second-order valence-electron chi connectivity index (χ2n) is 8.11. The SMILES string of the molecule is Cc1nc(Nc2cccc(C3CN(Cc4cn(C)c5ccccc45)CCO3)n2)sc1C. The van der Waals surface area contributed by atoms with E-state index in [-0.39, 0.29) is 6.10 Å². The van der Waals surface area contributed by atoms with Gasteiger partial charge in [-0.1, -0.05) is 24.3 Å². The summed E-state index contributed by atoms with van der Waals surface area (Å²) in [5, 5.41) is 5.55. The van der Waals surface area contributed by atoms with Gasteiger partial charge in [0.05, 0.1) is 18.0 Å². The van der Waals surface area contributed by atoms with E-state index in [2.05, 4.69) is 70.3 Å². The normalized spacial score (nSPS) is 17.3. The average Bonchev–Trinajstić information content (AvgIpc) is 3.26. The number of anilines is 2. The third kappa shape index (κ3) is 4.21. The zero-order chi connectivity index (χ0) is 21.4. The predicted molar refractivity (Wildman–Crippen MR) is 126 cm³/mol. The smallest absolute Gasteiger partial charge is 0.188 e. The molecule has 7 heteroatoms. The molecule has 5 rings (SSSR count). The molecule has 6 nitrogen and oxygen atoms in total. The van der Waals surface area contributed by atoms with Gasteiger partial charge in [0.15, 0.2) is 5.13 Å². The predicted octanol–water partition coefficient (Wildman–Crippen LogP) is 4.96. The summed E-state index contributed by atoms with van der Waals surface area (Å²) in [5.74, 6) is 0.807. The molecule has 160 valence electrons. The lowest BCUT2D eigenvalue weighted by Crippen LogP contribution is -2.38. The Labute approximate surface area is 186 Å². The van der Waals surface area contributed by atoms with Crippen molar-refractivity contribution in [2.24, 2.45) is 7.05 Å². The van der Waals surface area contributed by atoms with Crippen molar-refractivity contribution < 1.29 is 4.74 Å². The Kier molecular flexibility index (Phi) is 5.48. The third-order valence-corrected chi connectivity index (χ3v) is 6.88. The van der Waals surface area contributed by atoms with Gasteiger partial charge in [0, 0.05) is 48.7 Å². The summed E-state index contributed by atoms with van der Waals surface area (Å²) in [6, 6.07) is 14.7. The number of nitrogens with zero attached hydrogens (tertiary/aromatic N) is 4. The zero-order valence-electron chi connectivity index (χ0n) is 18.1. The molecule has 1 aliphatic heterocycles. The number of ether oxygens (including phenoxy) is 1. The van der Waals surface area contributed by atoms with Gasteiger partial charge in [0.25, 0.3) is 0 Å². The summed E-state index contributed by atoms with van der Waals surface area (Å²) in [6.45, 7) is 7.49. The Morgan fingerprint density at radius 3 is 2.84 bits per heavy atom. The molecule has 0 aliphatic carbocycles. The number of hydrogen-bond donors (Lipinski definition) is 1. The Balaban J connectivity index is 1.31. The number of para-hydroxylation sites is 1. The Hall–Kier alpha value is -2.74. The molecule has 0 saturated carbocycles. The van der Waals surface area contributed by atoms with Crippen LogP contribution in [0.5, 0.6) is 0 Å². The number of hydrogen-bond acceptors (Lipinski definition) is 6. The van der Waals surface area contributed by atoms with Gasteiger partial charge >= 0.3 is 0 Å². The van der Waals surface area contributed by atoms with Gasteiger partial charge in [0.2, 0.25) is 0 Å². The van der Waals surface area contributed by atoms with Gasteiger partial charge in [-0.2, -0.15) is 0 Å². The minimum Gasteiger partial charge on any atom is -0.369 e. The van der Waals surface area contributed by atoms with Crippen LogP contribution in [0.25, 0.3) is 10.9 Å². The van der Waals surface area contributed by atoms with Crippen molar-refractivity contribution in [1.82, 2.24) is 19.4 Å². The first kappa shape index (κ1) is 20.2. The minimum absolute atomic E-state index is 0.0368.